The molecule has 0 spiro atoms. The molecular formula is C48H30N4. The molecule has 0 unspecified atom stereocenters. The first-order valence-corrected chi connectivity index (χ1v) is 17.5. The Morgan fingerprint density at radius 3 is 1.77 bits per heavy atom. The Balaban J connectivity index is 1.24. The zero-order chi connectivity index (χ0) is 34.6. The van der Waals surface area contributed by atoms with Gasteiger partial charge in [-0.05, 0) is 71.8 Å². The van der Waals surface area contributed by atoms with Gasteiger partial charge in [-0.15, -0.1) is 0 Å². The Morgan fingerprint density at radius 2 is 1.04 bits per heavy atom. The third-order valence-corrected chi connectivity index (χ3v) is 10.1. The van der Waals surface area contributed by atoms with Crippen molar-refractivity contribution < 1.29 is 0 Å². The van der Waals surface area contributed by atoms with E-state index < -0.39 is 0 Å². The van der Waals surface area contributed by atoms with Crippen molar-refractivity contribution in [2.75, 3.05) is 0 Å². The number of pyridine rings is 1. The van der Waals surface area contributed by atoms with E-state index >= 15 is 0 Å². The van der Waals surface area contributed by atoms with Crippen molar-refractivity contribution in [3.05, 3.63) is 188 Å². The highest BCUT2D eigenvalue weighted by atomic mass is 15.0. The molecule has 3 aromatic heterocycles. The number of para-hydroxylation sites is 3. The average molecular weight is 663 g/mol. The van der Waals surface area contributed by atoms with Crippen LogP contribution in [0.3, 0.4) is 0 Å². The van der Waals surface area contributed by atoms with Crippen LogP contribution in [-0.2, 0) is 0 Å². The van der Waals surface area contributed by atoms with Gasteiger partial charge in [-0.2, -0.15) is 5.26 Å². The molecule has 0 aliphatic heterocycles. The first-order chi connectivity index (χ1) is 25.8. The lowest BCUT2D eigenvalue weighted by Crippen LogP contribution is -1.98. The van der Waals surface area contributed by atoms with Gasteiger partial charge in [-0.1, -0.05) is 121 Å². The standard InChI is InChI=1S/C48H30N4/c49-31-35-28-37(24-25-38(35)43-30-34(32-14-4-1-5-15-32)29-42(50-43)33-16-6-2-7-17-33)52-44-22-12-10-20-39(44)40-26-27-46-47(48(40)52)41-21-11-13-23-45(41)51(46)36-18-8-3-9-19-36/h1-30H. The molecule has 7 aromatic carbocycles. The van der Waals surface area contributed by atoms with E-state index in [1.807, 2.05) is 42.5 Å². The van der Waals surface area contributed by atoms with Gasteiger partial charge in [0.2, 0.25) is 0 Å². The van der Waals surface area contributed by atoms with Gasteiger partial charge >= 0.3 is 0 Å². The van der Waals surface area contributed by atoms with Gasteiger partial charge < -0.3 is 9.13 Å². The normalized spacial score (nSPS) is 11.4. The van der Waals surface area contributed by atoms with Crippen LogP contribution in [0, 0.1) is 11.3 Å². The minimum Gasteiger partial charge on any atom is -0.309 e. The van der Waals surface area contributed by atoms with Crippen molar-refractivity contribution in [1.82, 2.24) is 14.1 Å². The number of fused-ring (bicyclic) bond motifs is 7. The molecule has 4 nitrogen and oxygen atoms in total. The maximum Gasteiger partial charge on any atom is 0.0999 e. The van der Waals surface area contributed by atoms with Gasteiger partial charge in [0.15, 0.2) is 0 Å². The highest BCUT2D eigenvalue weighted by Gasteiger charge is 2.21. The van der Waals surface area contributed by atoms with Gasteiger partial charge in [-0.25, -0.2) is 4.98 Å². The third-order valence-electron chi connectivity index (χ3n) is 10.1. The molecule has 0 aliphatic rings. The van der Waals surface area contributed by atoms with Crippen LogP contribution in [0.5, 0.6) is 0 Å². The molecule has 10 rings (SSSR count). The number of nitriles is 1. The van der Waals surface area contributed by atoms with Crippen molar-refractivity contribution in [2.24, 2.45) is 0 Å². The second kappa shape index (κ2) is 12.0. The number of aromatic nitrogens is 3. The van der Waals surface area contributed by atoms with Crippen molar-refractivity contribution in [3.8, 4) is 51.1 Å². The Labute approximate surface area is 300 Å². The van der Waals surface area contributed by atoms with Crippen LogP contribution in [-0.4, -0.2) is 14.1 Å². The summed E-state index contributed by atoms with van der Waals surface area (Å²) in [5.41, 5.74) is 12.7. The Morgan fingerprint density at radius 1 is 0.423 bits per heavy atom. The summed E-state index contributed by atoms with van der Waals surface area (Å²) >= 11 is 0. The largest absolute Gasteiger partial charge is 0.309 e. The molecule has 0 saturated heterocycles. The van der Waals surface area contributed by atoms with Gasteiger partial charge in [0.05, 0.1) is 45.1 Å². The summed E-state index contributed by atoms with van der Waals surface area (Å²) in [6.45, 7) is 0. The van der Waals surface area contributed by atoms with Crippen LogP contribution in [0.1, 0.15) is 5.56 Å². The quantitative estimate of drug-likeness (QED) is 0.184. The summed E-state index contributed by atoms with van der Waals surface area (Å²) in [7, 11) is 0. The maximum absolute atomic E-state index is 10.8. The molecule has 0 atom stereocenters. The summed E-state index contributed by atoms with van der Waals surface area (Å²) in [5.74, 6) is 0. The van der Waals surface area contributed by atoms with Crippen molar-refractivity contribution in [2.45, 2.75) is 0 Å². The number of hydrogen-bond acceptors (Lipinski definition) is 2. The topological polar surface area (TPSA) is 46.5 Å². The van der Waals surface area contributed by atoms with E-state index in [1.165, 1.54) is 21.5 Å². The van der Waals surface area contributed by atoms with E-state index in [-0.39, 0.29) is 0 Å². The van der Waals surface area contributed by atoms with Crippen LogP contribution < -0.4 is 0 Å². The fraction of sp³-hybridized carbons (Fsp3) is 0. The van der Waals surface area contributed by atoms with Crippen LogP contribution in [0.4, 0.5) is 0 Å². The zero-order valence-corrected chi connectivity index (χ0v) is 28.1. The lowest BCUT2D eigenvalue weighted by Gasteiger charge is -2.14. The van der Waals surface area contributed by atoms with E-state index in [2.05, 4.69) is 155 Å². The molecule has 52 heavy (non-hydrogen) atoms. The van der Waals surface area contributed by atoms with E-state index in [4.69, 9.17) is 4.98 Å². The maximum atomic E-state index is 10.8. The number of rotatable bonds is 5. The Kier molecular flexibility index (Phi) is 6.84. The highest BCUT2D eigenvalue weighted by Crippen LogP contribution is 2.42. The van der Waals surface area contributed by atoms with Crippen LogP contribution in [0.2, 0.25) is 0 Å². The molecule has 0 radical (unpaired) electrons. The van der Waals surface area contributed by atoms with Crippen LogP contribution in [0.15, 0.2) is 182 Å². The van der Waals surface area contributed by atoms with Crippen LogP contribution in [0.25, 0.3) is 88.6 Å². The fourth-order valence-electron chi connectivity index (χ4n) is 7.84. The summed E-state index contributed by atoms with van der Waals surface area (Å²) in [6.07, 6.45) is 0. The summed E-state index contributed by atoms with van der Waals surface area (Å²) < 4.78 is 4.69. The predicted molar refractivity (Wildman–Crippen MR) is 214 cm³/mol. The van der Waals surface area contributed by atoms with Crippen LogP contribution >= 0.6 is 0 Å². The molecule has 0 fully saturated rings. The number of benzene rings is 7. The summed E-state index contributed by atoms with van der Waals surface area (Å²) in [5, 5.41) is 15.5. The molecule has 0 bridgehead atoms. The predicted octanol–water partition coefficient (Wildman–Crippen LogP) is 12.1. The first-order valence-electron chi connectivity index (χ1n) is 17.5. The van der Waals surface area contributed by atoms with Gasteiger partial charge in [0.1, 0.15) is 0 Å². The molecule has 4 heteroatoms. The highest BCUT2D eigenvalue weighted by molar-refractivity contribution is 6.26. The first kappa shape index (κ1) is 29.7. The average Bonchev–Trinajstić information content (AvgIpc) is 3.74. The molecule has 3 heterocycles. The summed E-state index contributed by atoms with van der Waals surface area (Å²) in [4.78, 5) is 5.15. The Bertz CT molecular complexity index is 2940. The van der Waals surface area contributed by atoms with Crippen molar-refractivity contribution >= 4 is 43.6 Å². The molecule has 0 N–H and O–H groups in total. The molecule has 242 valence electrons. The monoisotopic (exact) mass is 662 g/mol. The van der Waals surface area contributed by atoms with E-state index in [1.54, 1.807) is 0 Å². The summed E-state index contributed by atoms with van der Waals surface area (Å²) in [6, 6.07) is 65.8. The Hall–Kier alpha value is -7.22. The minimum absolute atomic E-state index is 0.569. The fourth-order valence-corrected chi connectivity index (χ4v) is 7.84. The van der Waals surface area contributed by atoms with E-state index in [0.717, 1.165) is 67.1 Å². The van der Waals surface area contributed by atoms with Gasteiger partial charge in [-0.3, -0.25) is 0 Å². The molecule has 0 saturated carbocycles. The van der Waals surface area contributed by atoms with Gasteiger partial charge in [0.25, 0.3) is 0 Å². The molecule has 10 aromatic rings. The lowest BCUT2D eigenvalue weighted by molar-refractivity contribution is 1.17. The zero-order valence-electron chi connectivity index (χ0n) is 28.1. The SMILES string of the molecule is N#Cc1cc(-n2c3ccccc3c3ccc4c(c5ccccc5n4-c4ccccc4)c32)ccc1-c1cc(-c2ccccc2)cc(-c2ccccc2)n1. The van der Waals surface area contributed by atoms with E-state index in [9.17, 15) is 5.26 Å². The molecule has 0 amide bonds. The van der Waals surface area contributed by atoms with Crippen molar-refractivity contribution in [3.63, 3.8) is 0 Å². The second-order valence-electron chi connectivity index (χ2n) is 13.1. The van der Waals surface area contributed by atoms with Crippen molar-refractivity contribution in [1.29, 1.82) is 5.26 Å². The smallest absolute Gasteiger partial charge is 0.0999 e. The number of hydrogen-bond donors (Lipinski definition) is 0. The molecule has 0 aliphatic carbocycles. The lowest BCUT2D eigenvalue weighted by atomic mass is 9.98. The molecular weight excluding hydrogens is 633 g/mol. The second-order valence-corrected chi connectivity index (χ2v) is 13.1. The third kappa shape index (κ3) is 4.65. The van der Waals surface area contributed by atoms with Gasteiger partial charge in [0, 0.05) is 44.0 Å². The number of nitrogens with zero attached hydrogens (tertiary/aromatic N) is 4. The minimum atomic E-state index is 0.569. The van der Waals surface area contributed by atoms with E-state index in [0.29, 0.717) is 5.56 Å².